The molecule has 1 aliphatic rings. The highest BCUT2D eigenvalue weighted by Crippen LogP contribution is 2.13. The summed E-state index contributed by atoms with van der Waals surface area (Å²) in [6.07, 6.45) is 0.747. The van der Waals surface area contributed by atoms with Crippen molar-refractivity contribution in [3.63, 3.8) is 0 Å². The Morgan fingerprint density at radius 2 is 1.81 bits per heavy atom. The van der Waals surface area contributed by atoms with Crippen molar-refractivity contribution < 1.29 is 4.74 Å². The third-order valence-corrected chi connectivity index (χ3v) is 3.22. The van der Waals surface area contributed by atoms with Gasteiger partial charge in [-0.05, 0) is 26.3 Å². The van der Waals surface area contributed by atoms with Crippen LogP contribution in [0.5, 0.6) is 0 Å². The minimum atomic E-state index is 0.373. The molecule has 0 bridgehead atoms. The summed E-state index contributed by atoms with van der Waals surface area (Å²) in [5.41, 5.74) is 0. The van der Waals surface area contributed by atoms with Crippen molar-refractivity contribution in [2.75, 3.05) is 26.2 Å². The first-order valence-corrected chi connectivity index (χ1v) is 6.64. The topological polar surface area (TPSA) is 24.5 Å². The number of nitrogens with one attached hydrogen (secondary N) is 1. The Balaban J connectivity index is 2.43. The molecule has 1 heterocycles. The van der Waals surface area contributed by atoms with Gasteiger partial charge in [-0.1, -0.05) is 20.8 Å². The Labute approximate surface area is 101 Å². The molecule has 1 N–H and O–H groups in total. The molecule has 1 fully saturated rings. The molecule has 16 heavy (non-hydrogen) atoms. The normalized spacial score (nSPS) is 29.6. The number of rotatable bonds is 5. The van der Waals surface area contributed by atoms with Gasteiger partial charge in [0.1, 0.15) is 0 Å². The van der Waals surface area contributed by atoms with Gasteiger partial charge in [0, 0.05) is 25.7 Å². The molecule has 3 unspecified atom stereocenters. The zero-order valence-corrected chi connectivity index (χ0v) is 11.5. The molecule has 0 radical (unpaired) electrons. The molecular weight excluding hydrogens is 200 g/mol. The number of hydrogen-bond donors (Lipinski definition) is 1. The van der Waals surface area contributed by atoms with Gasteiger partial charge in [0.05, 0.1) is 12.2 Å². The SMILES string of the molecule is CCNC(CN1CC(C)OC(C)C1)C(C)C. The first kappa shape index (κ1) is 13.9. The van der Waals surface area contributed by atoms with Crippen LogP contribution in [0, 0.1) is 5.92 Å². The van der Waals surface area contributed by atoms with Crippen molar-refractivity contribution in [3.8, 4) is 0 Å². The van der Waals surface area contributed by atoms with Crippen LogP contribution in [0.2, 0.25) is 0 Å². The average molecular weight is 228 g/mol. The summed E-state index contributed by atoms with van der Waals surface area (Å²) >= 11 is 0. The zero-order chi connectivity index (χ0) is 12.1. The van der Waals surface area contributed by atoms with E-state index in [0.717, 1.165) is 26.2 Å². The number of nitrogens with zero attached hydrogens (tertiary/aromatic N) is 1. The van der Waals surface area contributed by atoms with Gasteiger partial charge in [-0.2, -0.15) is 0 Å². The lowest BCUT2D eigenvalue weighted by Gasteiger charge is -2.38. The van der Waals surface area contributed by atoms with Gasteiger partial charge in [-0.15, -0.1) is 0 Å². The minimum Gasteiger partial charge on any atom is -0.373 e. The van der Waals surface area contributed by atoms with Crippen molar-refractivity contribution in [1.29, 1.82) is 0 Å². The van der Waals surface area contributed by atoms with Crippen molar-refractivity contribution in [1.82, 2.24) is 10.2 Å². The Bertz CT molecular complexity index is 186. The highest BCUT2D eigenvalue weighted by atomic mass is 16.5. The molecule has 0 saturated carbocycles. The first-order chi connectivity index (χ1) is 7.52. The van der Waals surface area contributed by atoms with E-state index in [1.165, 1.54) is 0 Å². The van der Waals surface area contributed by atoms with E-state index in [-0.39, 0.29) is 0 Å². The van der Waals surface area contributed by atoms with E-state index in [1.54, 1.807) is 0 Å². The van der Waals surface area contributed by atoms with Crippen molar-refractivity contribution in [3.05, 3.63) is 0 Å². The molecule has 3 nitrogen and oxygen atoms in total. The molecule has 3 atom stereocenters. The van der Waals surface area contributed by atoms with Crippen molar-refractivity contribution in [2.24, 2.45) is 5.92 Å². The molecule has 0 amide bonds. The van der Waals surface area contributed by atoms with Crippen LogP contribution >= 0.6 is 0 Å². The Morgan fingerprint density at radius 3 is 2.25 bits per heavy atom. The maximum Gasteiger partial charge on any atom is 0.0678 e. The standard InChI is InChI=1S/C13H28N2O/c1-6-14-13(10(2)3)9-15-7-11(4)16-12(5)8-15/h10-14H,6-9H2,1-5H3. The molecule has 1 saturated heterocycles. The smallest absolute Gasteiger partial charge is 0.0678 e. The first-order valence-electron chi connectivity index (χ1n) is 6.64. The monoisotopic (exact) mass is 228 g/mol. The van der Waals surface area contributed by atoms with Gasteiger partial charge in [0.25, 0.3) is 0 Å². The van der Waals surface area contributed by atoms with Crippen LogP contribution in [0.25, 0.3) is 0 Å². The molecule has 0 spiro atoms. The van der Waals surface area contributed by atoms with Crippen molar-refractivity contribution >= 4 is 0 Å². The van der Waals surface area contributed by atoms with Crippen LogP contribution in [0.15, 0.2) is 0 Å². The van der Waals surface area contributed by atoms with E-state index in [0.29, 0.717) is 24.2 Å². The second kappa shape index (κ2) is 6.58. The van der Waals surface area contributed by atoms with E-state index in [4.69, 9.17) is 4.74 Å². The van der Waals surface area contributed by atoms with Gasteiger partial charge < -0.3 is 10.1 Å². The number of morpholine rings is 1. The van der Waals surface area contributed by atoms with Crippen LogP contribution < -0.4 is 5.32 Å². The Morgan fingerprint density at radius 1 is 1.25 bits per heavy atom. The summed E-state index contributed by atoms with van der Waals surface area (Å²) in [7, 11) is 0. The van der Waals surface area contributed by atoms with Gasteiger partial charge >= 0.3 is 0 Å². The molecule has 0 aromatic rings. The number of ether oxygens (including phenoxy) is 1. The van der Waals surface area contributed by atoms with Crippen LogP contribution in [-0.2, 0) is 4.74 Å². The maximum atomic E-state index is 5.76. The summed E-state index contributed by atoms with van der Waals surface area (Å²) in [4.78, 5) is 2.53. The summed E-state index contributed by atoms with van der Waals surface area (Å²) < 4.78 is 5.76. The lowest BCUT2D eigenvalue weighted by Crippen LogP contribution is -2.51. The predicted molar refractivity (Wildman–Crippen MR) is 68.8 cm³/mol. The van der Waals surface area contributed by atoms with Gasteiger partial charge in [0.15, 0.2) is 0 Å². The quantitative estimate of drug-likeness (QED) is 0.775. The van der Waals surface area contributed by atoms with E-state index in [1.807, 2.05) is 0 Å². The highest BCUT2D eigenvalue weighted by Gasteiger charge is 2.24. The lowest BCUT2D eigenvalue weighted by molar-refractivity contribution is -0.0708. The molecule has 1 rings (SSSR count). The average Bonchev–Trinajstić information content (AvgIpc) is 2.15. The molecule has 3 heteroatoms. The molecule has 1 aliphatic heterocycles. The van der Waals surface area contributed by atoms with Crippen LogP contribution in [0.3, 0.4) is 0 Å². The number of likely N-dealkylation sites (N-methyl/N-ethyl adjacent to an activating group) is 1. The summed E-state index contributed by atoms with van der Waals surface area (Å²) in [6, 6.07) is 0.600. The summed E-state index contributed by atoms with van der Waals surface area (Å²) in [6.45, 7) is 15.4. The summed E-state index contributed by atoms with van der Waals surface area (Å²) in [5, 5.41) is 3.58. The fourth-order valence-electron chi connectivity index (χ4n) is 2.48. The van der Waals surface area contributed by atoms with E-state index in [2.05, 4.69) is 44.8 Å². The van der Waals surface area contributed by atoms with Gasteiger partial charge in [-0.3, -0.25) is 4.90 Å². The summed E-state index contributed by atoms with van der Waals surface area (Å²) in [5.74, 6) is 0.688. The Kier molecular flexibility index (Phi) is 5.73. The number of hydrogen-bond acceptors (Lipinski definition) is 3. The van der Waals surface area contributed by atoms with E-state index < -0.39 is 0 Å². The minimum absolute atomic E-state index is 0.373. The van der Waals surface area contributed by atoms with Crippen LogP contribution in [0.4, 0.5) is 0 Å². The third-order valence-electron chi connectivity index (χ3n) is 3.22. The van der Waals surface area contributed by atoms with Crippen LogP contribution in [-0.4, -0.2) is 49.3 Å². The molecular formula is C13H28N2O. The van der Waals surface area contributed by atoms with Gasteiger partial charge in [0.2, 0.25) is 0 Å². The fourth-order valence-corrected chi connectivity index (χ4v) is 2.48. The fraction of sp³-hybridized carbons (Fsp3) is 1.00. The highest BCUT2D eigenvalue weighted by molar-refractivity contribution is 4.79. The van der Waals surface area contributed by atoms with E-state index in [9.17, 15) is 0 Å². The molecule has 0 aromatic carbocycles. The molecule has 0 aromatic heterocycles. The van der Waals surface area contributed by atoms with Crippen LogP contribution in [0.1, 0.15) is 34.6 Å². The zero-order valence-electron chi connectivity index (χ0n) is 11.5. The van der Waals surface area contributed by atoms with E-state index >= 15 is 0 Å². The second-order valence-electron chi connectivity index (χ2n) is 5.38. The molecule has 96 valence electrons. The molecule has 0 aliphatic carbocycles. The largest absolute Gasteiger partial charge is 0.373 e. The van der Waals surface area contributed by atoms with Crippen molar-refractivity contribution in [2.45, 2.75) is 52.9 Å². The Hall–Kier alpha value is -0.120. The third kappa shape index (κ3) is 4.40. The second-order valence-corrected chi connectivity index (χ2v) is 5.38. The maximum absolute atomic E-state index is 5.76. The van der Waals surface area contributed by atoms with Gasteiger partial charge in [-0.25, -0.2) is 0 Å². The predicted octanol–water partition coefficient (Wildman–Crippen LogP) is 1.73. The lowest BCUT2D eigenvalue weighted by atomic mass is 10.0.